The highest BCUT2D eigenvalue weighted by molar-refractivity contribution is 8.00. The van der Waals surface area contributed by atoms with Gasteiger partial charge in [0.1, 0.15) is 23.7 Å². The lowest BCUT2D eigenvalue weighted by Gasteiger charge is -2.49. The molecule has 0 saturated carbocycles. The number of nitrogens with zero attached hydrogens (tertiary/aromatic N) is 2. The SMILES string of the molecule is CCP(=O)(CC)ON=C(C(=O)N[C@H]1C(=O)N2C(C(=O)O)=C(COC(C)=O)CS[C@H]12)c1ccco1. The molecule has 0 aromatic carbocycles. The molecule has 2 atom stereocenters. The van der Waals surface area contributed by atoms with Crippen molar-refractivity contribution in [3.63, 3.8) is 0 Å². The topological polar surface area (TPSA) is 165 Å². The molecule has 14 heteroatoms. The van der Waals surface area contributed by atoms with Gasteiger partial charge >= 0.3 is 11.9 Å². The molecule has 0 unspecified atom stereocenters. The molecule has 0 spiro atoms. The zero-order valence-electron chi connectivity index (χ0n) is 18.7. The largest absolute Gasteiger partial charge is 0.477 e. The fourth-order valence-electron chi connectivity index (χ4n) is 3.26. The van der Waals surface area contributed by atoms with Crippen molar-refractivity contribution in [3.8, 4) is 0 Å². The second-order valence-corrected chi connectivity index (χ2v) is 11.5. The molecule has 0 aliphatic carbocycles. The molecule has 34 heavy (non-hydrogen) atoms. The minimum absolute atomic E-state index is 0.0472. The highest BCUT2D eigenvalue weighted by atomic mass is 32.2. The van der Waals surface area contributed by atoms with Crippen LogP contribution in [-0.2, 0) is 33.1 Å². The summed E-state index contributed by atoms with van der Waals surface area (Å²) in [7, 11) is -3.08. The molecule has 0 bridgehead atoms. The number of furan rings is 1. The van der Waals surface area contributed by atoms with Gasteiger partial charge in [-0.15, -0.1) is 11.8 Å². The molecule has 3 rings (SSSR count). The smallest absolute Gasteiger partial charge is 0.352 e. The third-order valence-electron chi connectivity index (χ3n) is 5.20. The molecule has 2 aliphatic heterocycles. The molecule has 1 fully saturated rings. The maximum atomic E-state index is 13.0. The Morgan fingerprint density at radius 3 is 2.62 bits per heavy atom. The highest BCUT2D eigenvalue weighted by Crippen LogP contribution is 2.46. The average molecular weight is 513 g/mol. The Hall–Kier alpha value is -3.05. The summed E-state index contributed by atoms with van der Waals surface area (Å²) in [6, 6.07) is 1.95. The van der Waals surface area contributed by atoms with Crippen molar-refractivity contribution in [1.82, 2.24) is 10.2 Å². The quantitative estimate of drug-likeness (QED) is 0.154. The van der Waals surface area contributed by atoms with Gasteiger partial charge in [-0.25, -0.2) is 4.79 Å². The number of esters is 1. The van der Waals surface area contributed by atoms with E-state index in [-0.39, 0.29) is 47.4 Å². The van der Waals surface area contributed by atoms with E-state index >= 15 is 0 Å². The van der Waals surface area contributed by atoms with Crippen LogP contribution in [0.3, 0.4) is 0 Å². The first-order valence-corrected chi connectivity index (χ1v) is 13.4. The minimum atomic E-state index is -3.08. The Bertz CT molecular complexity index is 1090. The van der Waals surface area contributed by atoms with Crippen LogP contribution in [0.2, 0.25) is 0 Å². The summed E-state index contributed by atoms with van der Waals surface area (Å²) in [5.74, 6) is -3.13. The minimum Gasteiger partial charge on any atom is -0.477 e. The summed E-state index contributed by atoms with van der Waals surface area (Å²) >= 11 is 1.22. The summed E-state index contributed by atoms with van der Waals surface area (Å²) in [5.41, 5.74) is -0.289. The summed E-state index contributed by atoms with van der Waals surface area (Å²) in [4.78, 5) is 49.8. The number of carbonyl (C=O) groups excluding carboxylic acids is 3. The zero-order valence-corrected chi connectivity index (χ0v) is 20.4. The number of aliphatic carboxylic acids is 1. The van der Waals surface area contributed by atoms with Gasteiger partial charge in [0.05, 0.1) is 6.26 Å². The molecular weight excluding hydrogens is 489 g/mol. The summed E-state index contributed by atoms with van der Waals surface area (Å²) in [6.07, 6.45) is 1.75. The van der Waals surface area contributed by atoms with Crippen molar-refractivity contribution in [1.29, 1.82) is 0 Å². The van der Waals surface area contributed by atoms with Crippen LogP contribution in [0, 0.1) is 0 Å². The van der Waals surface area contributed by atoms with E-state index in [1.165, 1.54) is 37.1 Å². The number of fused-ring (bicyclic) bond motifs is 1. The maximum absolute atomic E-state index is 13.0. The van der Waals surface area contributed by atoms with Crippen molar-refractivity contribution in [2.24, 2.45) is 5.16 Å². The highest BCUT2D eigenvalue weighted by Gasteiger charge is 2.54. The number of amides is 2. The predicted octanol–water partition coefficient (Wildman–Crippen LogP) is 1.62. The molecule has 2 N–H and O–H groups in total. The van der Waals surface area contributed by atoms with Crippen LogP contribution in [0.1, 0.15) is 26.5 Å². The Morgan fingerprint density at radius 1 is 1.35 bits per heavy atom. The van der Waals surface area contributed by atoms with E-state index in [9.17, 15) is 28.8 Å². The monoisotopic (exact) mass is 513 g/mol. The number of ether oxygens (including phenoxy) is 1. The van der Waals surface area contributed by atoms with Crippen LogP contribution < -0.4 is 5.32 Å². The fraction of sp³-hybridized carbons (Fsp3) is 0.450. The number of rotatable bonds is 10. The van der Waals surface area contributed by atoms with E-state index < -0.39 is 42.5 Å². The lowest BCUT2D eigenvalue weighted by Crippen LogP contribution is -2.71. The van der Waals surface area contributed by atoms with E-state index in [4.69, 9.17) is 13.8 Å². The molecular formula is C20H24N3O9PS. The Balaban J connectivity index is 1.80. The van der Waals surface area contributed by atoms with Crippen LogP contribution >= 0.6 is 19.1 Å². The van der Waals surface area contributed by atoms with Crippen LogP contribution in [0.4, 0.5) is 0 Å². The van der Waals surface area contributed by atoms with Gasteiger partial charge in [-0.2, -0.15) is 0 Å². The zero-order chi connectivity index (χ0) is 25.0. The van der Waals surface area contributed by atoms with Gasteiger partial charge in [-0.3, -0.25) is 23.8 Å². The first-order valence-electron chi connectivity index (χ1n) is 10.3. The molecule has 12 nitrogen and oxygen atoms in total. The number of nitrogens with one attached hydrogen (secondary N) is 1. The third kappa shape index (κ3) is 5.20. The molecule has 1 aromatic heterocycles. The molecule has 2 aliphatic rings. The van der Waals surface area contributed by atoms with Crippen LogP contribution in [-0.4, -0.2) is 75.6 Å². The molecule has 0 radical (unpaired) electrons. The van der Waals surface area contributed by atoms with Crippen molar-refractivity contribution in [2.75, 3.05) is 24.7 Å². The van der Waals surface area contributed by atoms with Crippen LogP contribution in [0.5, 0.6) is 0 Å². The number of carboxylic acid groups (broad SMARTS) is 1. The van der Waals surface area contributed by atoms with Crippen LogP contribution in [0.25, 0.3) is 0 Å². The molecule has 1 aromatic rings. The molecule has 184 valence electrons. The van der Waals surface area contributed by atoms with Crippen LogP contribution in [0.15, 0.2) is 39.2 Å². The Labute approximate surface area is 199 Å². The Morgan fingerprint density at radius 2 is 2.06 bits per heavy atom. The van der Waals surface area contributed by atoms with E-state index in [0.29, 0.717) is 0 Å². The van der Waals surface area contributed by atoms with E-state index in [2.05, 4.69) is 10.5 Å². The standard InChI is InChI=1S/C20H24N3O9PS/c1-4-33(29,5-2)32-22-14(13-7-6-8-30-13)17(25)21-15-18(26)23-16(20(27)28)12(9-31-11(3)24)10-34-19(15)23/h6-8,15,19H,4-5,9-10H2,1-3H3,(H,21,25)(H,27,28)/t15-,19+/m0/s1. The van der Waals surface area contributed by atoms with Gasteiger partial charge in [0.25, 0.3) is 19.2 Å². The predicted molar refractivity (Wildman–Crippen MR) is 121 cm³/mol. The van der Waals surface area contributed by atoms with Crippen molar-refractivity contribution in [3.05, 3.63) is 35.4 Å². The molecule has 1 saturated heterocycles. The van der Waals surface area contributed by atoms with Gasteiger partial charge in [0.15, 0.2) is 5.76 Å². The maximum Gasteiger partial charge on any atom is 0.352 e. The summed E-state index contributed by atoms with van der Waals surface area (Å²) in [6.45, 7) is 4.30. The average Bonchev–Trinajstić information content (AvgIpc) is 3.34. The van der Waals surface area contributed by atoms with E-state index in [1.54, 1.807) is 13.8 Å². The van der Waals surface area contributed by atoms with Crippen molar-refractivity contribution < 1.29 is 42.6 Å². The summed E-state index contributed by atoms with van der Waals surface area (Å²) in [5, 5.41) is 15.3. The second kappa shape index (κ2) is 10.5. The summed E-state index contributed by atoms with van der Waals surface area (Å²) < 4.78 is 27.9. The van der Waals surface area contributed by atoms with Gasteiger partial charge < -0.3 is 24.2 Å². The third-order valence-corrected chi connectivity index (χ3v) is 8.85. The van der Waals surface area contributed by atoms with Crippen molar-refractivity contribution in [2.45, 2.75) is 32.2 Å². The van der Waals surface area contributed by atoms with Gasteiger partial charge in [-0.1, -0.05) is 19.0 Å². The lowest BCUT2D eigenvalue weighted by atomic mass is 10.0. The molecule has 2 amide bonds. The number of carbonyl (C=O) groups is 4. The number of β-lactam (4-membered cyclic amide) rings is 1. The number of thioether (sulfide) groups is 1. The molecule has 3 heterocycles. The fourth-order valence-corrected chi connectivity index (χ4v) is 5.49. The van der Waals surface area contributed by atoms with Gasteiger partial charge in [0.2, 0.25) is 5.71 Å². The Kier molecular flexibility index (Phi) is 7.88. The van der Waals surface area contributed by atoms with Gasteiger partial charge in [-0.05, 0) is 12.1 Å². The van der Waals surface area contributed by atoms with Crippen molar-refractivity contribution >= 4 is 48.6 Å². The normalized spacial score (nSPS) is 20.4. The number of carboxylic acids is 1. The van der Waals surface area contributed by atoms with E-state index in [1.807, 2.05) is 0 Å². The first kappa shape index (κ1) is 25.6. The van der Waals surface area contributed by atoms with E-state index in [0.717, 1.165) is 4.90 Å². The number of hydrogen-bond donors (Lipinski definition) is 2. The first-order chi connectivity index (χ1) is 16.1. The second-order valence-electron chi connectivity index (χ2n) is 7.34. The number of hydrogen-bond acceptors (Lipinski definition) is 10. The van der Waals surface area contributed by atoms with Gasteiger partial charge in [0, 0.05) is 30.6 Å². The number of oxime groups is 1. The lowest BCUT2D eigenvalue weighted by molar-refractivity contribution is -0.150.